The molecule has 31 heavy (non-hydrogen) atoms. The molecule has 3 rings (SSSR count). The number of hydrogen-bond donors (Lipinski definition) is 3. The van der Waals surface area contributed by atoms with Crippen LogP contribution in [0.1, 0.15) is 53.4 Å². The van der Waals surface area contributed by atoms with Crippen LogP contribution in [0, 0.1) is 0 Å². The van der Waals surface area contributed by atoms with Crippen molar-refractivity contribution in [2.24, 2.45) is 5.73 Å². The van der Waals surface area contributed by atoms with Crippen molar-refractivity contribution in [3.05, 3.63) is 16.0 Å². The van der Waals surface area contributed by atoms with Gasteiger partial charge in [0.2, 0.25) is 0 Å². The SMILES string of the molecule is CCOC(=O)c1c(NC(=S)NCCCN2CCN(CCCN)CC2)sc2c1CCCC2. The Hall–Kier alpha value is -1.26. The topological polar surface area (TPSA) is 82.9 Å². The van der Waals surface area contributed by atoms with Crippen molar-refractivity contribution in [2.75, 3.05) is 64.3 Å². The Kier molecular flexibility index (Phi) is 9.98. The number of carbonyl (C=O) groups excluding carboxylic acids is 1. The molecule has 1 fully saturated rings. The molecule has 1 aromatic heterocycles. The quantitative estimate of drug-likeness (QED) is 0.275. The molecule has 2 heterocycles. The fourth-order valence-corrected chi connectivity index (χ4v) is 5.83. The Morgan fingerprint density at radius 2 is 1.81 bits per heavy atom. The van der Waals surface area contributed by atoms with Gasteiger partial charge in [0.25, 0.3) is 0 Å². The fourth-order valence-electron chi connectivity index (χ4n) is 4.28. The molecule has 0 unspecified atom stereocenters. The second-order valence-electron chi connectivity index (χ2n) is 8.20. The fraction of sp³-hybridized carbons (Fsp3) is 0.727. The summed E-state index contributed by atoms with van der Waals surface area (Å²) in [5.74, 6) is -0.238. The third-order valence-corrected chi connectivity index (χ3v) is 7.41. The van der Waals surface area contributed by atoms with E-state index >= 15 is 0 Å². The number of anilines is 1. The highest BCUT2D eigenvalue weighted by molar-refractivity contribution is 7.80. The summed E-state index contributed by atoms with van der Waals surface area (Å²) in [5.41, 5.74) is 7.46. The minimum atomic E-state index is -0.238. The summed E-state index contributed by atoms with van der Waals surface area (Å²) in [6.07, 6.45) is 6.41. The molecule has 9 heteroatoms. The van der Waals surface area contributed by atoms with E-state index in [2.05, 4.69) is 20.4 Å². The van der Waals surface area contributed by atoms with Gasteiger partial charge in [-0.2, -0.15) is 0 Å². The lowest BCUT2D eigenvalue weighted by Gasteiger charge is -2.34. The van der Waals surface area contributed by atoms with Crippen LogP contribution in [0.4, 0.5) is 5.00 Å². The van der Waals surface area contributed by atoms with E-state index in [9.17, 15) is 4.79 Å². The van der Waals surface area contributed by atoms with E-state index in [0.29, 0.717) is 17.3 Å². The zero-order chi connectivity index (χ0) is 22.1. The summed E-state index contributed by atoms with van der Waals surface area (Å²) >= 11 is 7.17. The van der Waals surface area contributed by atoms with Crippen molar-refractivity contribution in [3.63, 3.8) is 0 Å². The maximum absolute atomic E-state index is 12.6. The molecule has 1 aliphatic heterocycles. The van der Waals surface area contributed by atoms with Crippen molar-refractivity contribution in [1.82, 2.24) is 15.1 Å². The molecule has 0 aromatic carbocycles. The summed E-state index contributed by atoms with van der Waals surface area (Å²) in [6.45, 7) is 10.5. The van der Waals surface area contributed by atoms with Crippen LogP contribution in [-0.4, -0.2) is 79.8 Å². The Morgan fingerprint density at radius 1 is 1.13 bits per heavy atom. The van der Waals surface area contributed by atoms with Crippen LogP contribution >= 0.6 is 23.6 Å². The molecule has 0 spiro atoms. The normalized spacial score (nSPS) is 17.2. The van der Waals surface area contributed by atoms with Gasteiger partial charge in [-0.05, 0) is 82.9 Å². The van der Waals surface area contributed by atoms with Gasteiger partial charge in [-0.1, -0.05) is 0 Å². The smallest absolute Gasteiger partial charge is 0.341 e. The van der Waals surface area contributed by atoms with E-state index in [4.69, 9.17) is 22.7 Å². The molecule has 0 bridgehead atoms. The largest absolute Gasteiger partial charge is 0.462 e. The number of esters is 1. The van der Waals surface area contributed by atoms with Crippen molar-refractivity contribution in [3.8, 4) is 0 Å². The average Bonchev–Trinajstić information content (AvgIpc) is 3.14. The van der Waals surface area contributed by atoms with Crippen LogP contribution < -0.4 is 16.4 Å². The van der Waals surface area contributed by atoms with E-state index in [1.54, 1.807) is 11.3 Å². The highest BCUT2D eigenvalue weighted by Crippen LogP contribution is 2.38. The molecule has 1 aromatic rings. The number of nitrogens with zero attached hydrogens (tertiary/aromatic N) is 2. The predicted octanol–water partition coefficient (Wildman–Crippen LogP) is 2.45. The second-order valence-corrected chi connectivity index (χ2v) is 9.71. The van der Waals surface area contributed by atoms with Crippen LogP contribution in [-0.2, 0) is 17.6 Å². The highest BCUT2D eigenvalue weighted by atomic mass is 32.1. The first-order valence-corrected chi connectivity index (χ1v) is 12.9. The molecule has 174 valence electrons. The molecular weight excluding hydrogens is 430 g/mol. The molecular formula is C22H37N5O2S2. The first kappa shape index (κ1) is 24.4. The van der Waals surface area contributed by atoms with Gasteiger partial charge in [-0.3, -0.25) is 0 Å². The maximum atomic E-state index is 12.6. The zero-order valence-corrected chi connectivity index (χ0v) is 20.3. The van der Waals surface area contributed by atoms with Gasteiger partial charge in [-0.25, -0.2) is 4.79 Å². The number of nitrogens with one attached hydrogen (secondary N) is 2. The molecule has 0 radical (unpaired) electrons. The molecule has 0 atom stereocenters. The van der Waals surface area contributed by atoms with Crippen molar-refractivity contribution in [1.29, 1.82) is 0 Å². The number of thiophene rings is 1. The van der Waals surface area contributed by atoms with Crippen molar-refractivity contribution in [2.45, 2.75) is 45.4 Å². The summed E-state index contributed by atoms with van der Waals surface area (Å²) in [6, 6.07) is 0. The Labute approximate surface area is 195 Å². The zero-order valence-electron chi connectivity index (χ0n) is 18.7. The molecule has 4 N–H and O–H groups in total. The van der Waals surface area contributed by atoms with Crippen molar-refractivity contribution >= 4 is 39.6 Å². The number of fused-ring (bicyclic) bond motifs is 1. The minimum absolute atomic E-state index is 0.238. The molecule has 7 nitrogen and oxygen atoms in total. The maximum Gasteiger partial charge on any atom is 0.341 e. The number of nitrogens with two attached hydrogens (primary N) is 1. The minimum Gasteiger partial charge on any atom is -0.462 e. The van der Waals surface area contributed by atoms with Gasteiger partial charge in [-0.15, -0.1) is 11.3 Å². The van der Waals surface area contributed by atoms with Crippen molar-refractivity contribution < 1.29 is 9.53 Å². The van der Waals surface area contributed by atoms with Gasteiger partial charge in [0, 0.05) is 37.6 Å². The number of aryl methyl sites for hydroxylation is 1. The number of thiocarbonyl (C=S) groups is 1. The van der Waals surface area contributed by atoms with Crippen LogP contribution in [0.5, 0.6) is 0 Å². The summed E-state index contributed by atoms with van der Waals surface area (Å²) < 4.78 is 5.32. The Bertz CT molecular complexity index is 732. The third-order valence-electron chi connectivity index (χ3n) is 5.96. The van der Waals surface area contributed by atoms with Gasteiger partial charge < -0.3 is 30.9 Å². The molecule has 2 aliphatic rings. The van der Waals surface area contributed by atoms with Crippen LogP contribution in [0.15, 0.2) is 0 Å². The standard InChI is InChI=1S/C22H37N5O2S2/c1-2-29-21(28)19-17-7-3-4-8-18(17)31-20(19)25-22(30)24-10-6-12-27-15-13-26(14-16-27)11-5-9-23/h2-16,23H2,1H3,(H2,24,25,30). The van der Waals surface area contributed by atoms with E-state index in [0.717, 1.165) is 95.0 Å². The number of rotatable bonds is 10. The Balaban J connectivity index is 1.42. The number of piperazine rings is 1. The summed E-state index contributed by atoms with van der Waals surface area (Å²) in [7, 11) is 0. The van der Waals surface area contributed by atoms with Gasteiger partial charge >= 0.3 is 5.97 Å². The lowest BCUT2D eigenvalue weighted by molar-refractivity contribution is 0.0526. The summed E-state index contributed by atoms with van der Waals surface area (Å²) in [5, 5.41) is 8.00. The summed E-state index contributed by atoms with van der Waals surface area (Å²) in [4.78, 5) is 18.9. The van der Waals surface area contributed by atoms with Gasteiger partial charge in [0.05, 0.1) is 12.2 Å². The number of hydrogen-bond acceptors (Lipinski definition) is 7. The lowest BCUT2D eigenvalue weighted by Crippen LogP contribution is -2.47. The number of carbonyl (C=O) groups is 1. The van der Waals surface area contributed by atoms with Gasteiger partial charge in [0.15, 0.2) is 5.11 Å². The van der Waals surface area contributed by atoms with E-state index < -0.39 is 0 Å². The highest BCUT2D eigenvalue weighted by Gasteiger charge is 2.26. The first-order chi connectivity index (χ1) is 15.1. The predicted molar refractivity (Wildman–Crippen MR) is 132 cm³/mol. The molecule has 1 aliphatic carbocycles. The first-order valence-electron chi connectivity index (χ1n) is 11.6. The van der Waals surface area contributed by atoms with Crippen LogP contribution in [0.3, 0.4) is 0 Å². The molecule has 0 amide bonds. The van der Waals surface area contributed by atoms with Gasteiger partial charge in [0.1, 0.15) is 5.00 Å². The van der Waals surface area contributed by atoms with E-state index in [-0.39, 0.29) is 5.97 Å². The second kappa shape index (κ2) is 12.7. The van der Waals surface area contributed by atoms with E-state index in [1.165, 1.54) is 11.3 Å². The van der Waals surface area contributed by atoms with E-state index in [1.807, 2.05) is 6.92 Å². The average molecular weight is 468 g/mol. The monoisotopic (exact) mass is 467 g/mol. The lowest BCUT2D eigenvalue weighted by atomic mass is 9.95. The number of ether oxygens (including phenoxy) is 1. The Morgan fingerprint density at radius 3 is 2.48 bits per heavy atom. The van der Waals surface area contributed by atoms with Crippen LogP contribution in [0.25, 0.3) is 0 Å². The van der Waals surface area contributed by atoms with Crippen LogP contribution in [0.2, 0.25) is 0 Å². The molecule has 1 saturated heterocycles. The molecule has 0 saturated carbocycles. The third kappa shape index (κ3) is 7.12.